The van der Waals surface area contributed by atoms with Crippen molar-refractivity contribution in [3.05, 3.63) is 108 Å². The van der Waals surface area contributed by atoms with E-state index in [0.29, 0.717) is 29.4 Å². The lowest BCUT2D eigenvalue weighted by molar-refractivity contribution is -0.133. The zero-order chi connectivity index (χ0) is 27.4. The summed E-state index contributed by atoms with van der Waals surface area (Å²) in [5.74, 6) is 2.44. The maximum absolute atomic E-state index is 13.7. The van der Waals surface area contributed by atoms with Crippen molar-refractivity contribution in [1.82, 2.24) is 9.80 Å². The molecule has 5 rings (SSSR count). The van der Waals surface area contributed by atoms with Crippen molar-refractivity contribution in [2.75, 3.05) is 13.3 Å². The first kappa shape index (κ1) is 26.1. The summed E-state index contributed by atoms with van der Waals surface area (Å²) in [6, 6.07) is 26.8. The van der Waals surface area contributed by atoms with Crippen LogP contribution in [0.4, 0.5) is 0 Å². The number of aryl methyl sites for hydroxylation is 1. The number of carbonyl (C=O) groups excluding carboxylic acids is 2. The molecule has 0 spiro atoms. The lowest BCUT2D eigenvalue weighted by atomic mass is 10.0. The van der Waals surface area contributed by atoms with Gasteiger partial charge in [0.15, 0.2) is 11.5 Å². The van der Waals surface area contributed by atoms with Crippen LogP contribution < -0.4 is 9.47 Å². The first-order chi connectivity index (χ1) is 18.9. The molecule has 0 unspecified atom stereocenters. The summed E-state index contributed by atoms with van der Waals surface area (Å²) in [6.07, 6.45) is 0. The van der Waals surface area contributed by atoms with Crippen molar-refractivity contribution in [2.24, 2.45) is 0 Å². The van der Waals surface area contributed by atoms with Gasteiger partial charge in [-0.05, 0) is 73.9 Å². The minimum absolute atomic E-state index is 0.0544. The van der Waals surface area contributed by atoms with Crippen molar-refractivity contribution in [1.29, 1.82) is 0 Å². The van der Waals surface area contributed by atoms with E-state index in [4.69, 9.17) is 13.9 Å². The van der Waals surface area contributed by atoms with E-state index in [1.165, 1.54) is 0 Å². The summed E-state index contributed by atoms with van der Waals surface area (Å²) in [5.41, 5.74) is 3.55. The average Bonchev–Trinajstić information content (AvgIpc) is 3.59. The molecule has 0 bridgehead atoms. The van der Waals surface area contributed by atoms with E-state index in [-0.39, 0.29) is 37.7 Å². The molecule has 3 aromatic carbocycles. The van der Waals surface area contributed by atoms with E-state index < -0.39 is 0 Å². The summed E-state index contributed by atoms with van der Waals surface area (Å²) in [7, 11) is 0. The normalized spacial score (nSPS) is 12.0. The molecule has 1 aliphatic heterocycles. The highest BCUT2D eigenvalue weighted by Crippen LogP contribution is 2.33. The zero-order valence-electron chi connectivity index (χ0n) is 22.4. The van der Waals surface area contributed by atoms with Gasteiger partial charge in [0.2, 0.25) is 12.7 Å². The maximum Gasteiger partial charge on any atom is 0.254 e. The largest absolute Gasteiger partial charge is 0.464 e. The molecule has 0 aliphatic carbocycles. The highest BCUT2D eigenvalue weighted by atomic mass is 16.7. The van der Waals surface area contributed by atoms with Crippen molar-refractivity contribution in [3.8, 4) is 22.6 Å². The van der Waals surface area contributed by atoms with Gasteiger partial charge < -0.3 is 23.7 Å². The second kappa shape index (κ2) is 11.5. The number of carbonyl (C=O) groups is 2. The minimum Gasteiger partial charge on any atom is -0.464 e. The van der Waals surface area contributed by atoms with Crippen LogP contribution in [-0.2, 0) is 17.9 Å². The van der Waals surface area contributed by atoms with E-state index in [9.17, 15) is 9.59 Å². The fourth-order valence-corrected chi connectivity index (χ4v) is 4.59. The van der Waals surface area contributed by atoms with Gasteiger partial charge >= 0.3 is 0 Å². The fourth-order valence-electron chi connectivity index (χ4n) is 4.59. The zero-order valence-corrected chi connectivity index (χ0v) is 22.4. The standard InChI is InChI=1S/C32H32N2O5/c1-22(2)34(32(36)27-13-11-26(12-14-27)25-7-5-4-6-8-25)20-31(35)33(19-28-15-9-23(3)39-28)18-24-10-16-29-30(17-24)38-21-37-29/h4-17,22H,18-21H2,1-3H3. The summed E-state index contributed by atoms with van der Waals surface area (Å²) >= 11 is 0. The molecule has 4 aromatic rings. The molecule has 39 heavy (non-hydrogen) atoms. The van der Waals surface area contributed by atoms with Crippen LogP contribution in [0, 0.1) is 6.92 Å². The Morgan fingerprint density at radius 2 is 1.54 bits per heavy atom. The molecule has 2 amide bonds. The highest BCUT2D eigenvalue weighted by Gasteiger charge is 2.26. The molecule has 0 fully saturated rings. The third-order valence-electron chi connectivity index (χ3n) is 6.73. The second-order valence-corrected chi connectivity index (χ2v) is 9.92. The Balaban J connectivity index is 1.34. The molecule has 7 nitrogen and oxygen atoms in total. The van der Waals surface area contributed by atoms with Gasteiger partial charge in [0.05, 0.1) is 6.54 Å². The molecule has 1 aliphatic rings. The quantitative estimate of drug-likeness (QED) is 0.266. The summed E-state index contributed by atoms with van der Waals surface area (Å²) in [4.78, 5) is 30.6. The van der Waals surface area contributed by atoms with E-state index >= 15 is 0 Å². The number of ether oxygens (including phenoxy) is 2. The second-order valence-electron chi connectivity index (χ2n) is 9.92. The van der Waals surface area contributed by atoms with Crippen molar-refractivity contribution in [2.45, 2.75) is 39.9 Å². The van der Waals surface area contributed by atoms with Crippen LogP contribution in [0.25, 0.3) is 11.1 Å². The van der Waals surface area contributed by atoms with Gasteiger partial charge in [-0.25, -0.2) is 0 Å². The number of rotatable bonds is 9. The van der Waals surface area contributed by atoms with E-state index in [0.717, 1.165) is 22.5 Å². The first-order valence-electron chi connectivity index (χ1n) is 13.1. The van der Waals surface area contributed by atoms with Crippen LogP contribution in [0.1, 0.15) is 41.3 Å². The molecule has 0 atom stereocenters. The van der Waals surface area contributed by atoms with Crippen LogP contribution in [0.5, 0.6) is 11.5 Å². The van der Waals surface area contributed by atoms with Gasteiger partial charge in [-0.1, -0.05) is 48.5 Å². The highest BCUT2D eigenvalue weighted by molar-refractivity contribution is 5.97. The van der Waals surface area contributed by atoms with Crippen molar-refractivity contribution in [3.63, 3.8) is 0 Å². The van der Waals surface area contributed by atoms with Gasteiger partial charge in [-0.3, -0.25) is 9.59 Å². The predicted molar refractivity (Wildman–Crippen MR) is 148 cm³/mol. The number of hydrogen-bond donors (Lipinski definition) is 0. The molecule has 2 heterocycles. The van der Waals surface area contributed by atoms with Gasteiger partial charge in [0.1, 0.15) is 18.1 Å². The number of furan rings is 1. The van der Waals surface area contributed by atoms with Gasteiger partial charge in [-0.15, -0.1) is 0 Å². The number of benzene rings is 3. The number of nitrogens with zero attached hydrogens (tertiary/aromatic N) is 2. The Hall–Kier alpha value is -4.52. The van der Waals surface area contributed by atoms with Crippen LogP contribution in [-0.4, -0.2) is 41.0 Å². The van der Waals surface area contributed by atoms with Crippen molar-refractivity contribution < 1.29 is 23.5 Å². The topological polar surface area (TPSA) is 72.2 Å². The van der Waals surface area contributed by atoms with E-state index in [1.54, 1.807) is 9.80 Å². The molecule has 0 radical (unpaired) electrons. The summed E-state index contributed by atoms with van der Waals surface area (Å²) in [5, 5.41) is 0. The third kappa shape index (κ3) is 6.14. The predicted octanol–water partition coefficient (Wildman–Crippen LogP) is 6.06. The van der Waals surface area contributed by atoms with E-state index in [2.05, 4.69) is 0 Å². The lowest BCUT2D eigenvalue weighted by Gasteiger charge is -2.30. The van der Waals surface area contributed by atoms with Crippen LogP contribution in [0.15, 0.2) is 89.3 Å². The lowest BCUT2D eigenvalue weighted by Crippen LogP contribution is -2.45. The molecule has 1 aromatic heterocycles. The van der Waals surface area contributed by atoms with Crippen LogP contribution in [0.3, 0.4) is 0 Å². The smallest absolute Gasteiger partial charge is 0.254 e. The molecule has 0 saturated carbocycles. The third-order valence-corrected chi connectivity index (χ3v) is 6.73. The van der Waals surface area contributed by atoms with E-state index in [1.807, 2.05) is 106 Å². The maximum atomic E-state index is 13.7. The van der Waals surface area contributed by atoms with Crippen molar-refractivity contribution >= 4 is 11.8 Å². The molecule has 0 saturated heterocycles. The van der Waals surface area contributed by atoms with Crippen LogP contribution in [0.2, 0.25) is 0 Å². The molecular weight excluding hydrogens is 492 g/mol. The van der Waals surface area contributed by atoms with Gasteiger partial charge in [-0.2, -0.15) is 0 Å². The molecule has 7 heteroatoms. The molecule has 0 N–H and O–H groups in total. The Morgan fingerprint density at radius 3 is 2.23 bits per heavy atom. The number of amides is 2. The number of hydrogen-bond acceptors (Lipinski definition) is 5. The SMILES string of the molecule is Cc1ccc(CN(Cc2ccc3c(c2)OCO3)C(=O)CN(C(=O)c2ccc(-c3ccccc3)cc2)C(C)C)o1. The Labute approximate surface area is 228 Å². The first-order valence-corrected chi connectivity index (χ1v) is 13.1. The monoisotopic (exact) mass is 524 g/mol. The summed E-state index contributed by atoms with van der Waals surface area (Å²) < 4.78 is 16.7. The summed E-state index contributed by atoms with van der Waals surface area (Å²) in [6.45, 7) is 6.46. The average molecular weight is 525 g/mol. The molecule has 200 valence electrons. The Bertz CT molecular complexity index is 1440. The molecular formula is C32H32N2O5. The Morgan fingerprint density at radius 1 is 0.821 bits per heavy atom. The minimum atomic E-state index is -0.185. The fraction of sp³-hybridized carbons (Fsp3) is 0.250. The number of fused-ring (bicyclic) bond motifs is 1. The Kier molecular flexibility index (Phi) is 7.68. The van der Waals surface area contributed by atoms with Gasteiger partial charge in [0.25, 0.3) is 5.91 Å². The van der Waals surface area contributed by atoms with Gasteiger partial charge in [0, 0.05) is 18.2 Å². The van der Waals surface area contributed by atoms with Crippen LogP contribution >= 0.6 is 0 Å².